The quantitative estimate of drug-likeness (QED) is 0.808. The standard InChI is InChI=1S/C23H29ClN4O/c1-18-7-5-11-21(24)22(18)25-23(29)28-12-6-10-20(17-28)27-15-13-26(14-16-27)19-8-3-2-4-9-19/h2-5,7-9,11,20H,6,10,12-17H2,1H3,(H,25,29)/t20-/m1/s1. The van der Waals surface area contributed by atoms with Crippen LogP contribution in [0.2, 0.25) is 5.02 Å². The van der Waals surface area contributed by atoms with Crippen LogP contribution in [0.1, 0.15) is 18.4 Å². The average molecular weight is 413 g/mol. The Morgan fingerprint density at radius 1 is 1.00 bits per heavy atom. The van der Waals surface area contributed by atoms with Gasteiger partial charge in [0.2, 0.25) is 0 Å². The summed E-state index contributed by atoms with van der Waals surface area (Å²) < 4.78 is 0. The molecule has 2 aliphatic rings. The maximum absolute atomic E-state index is 12.9. The van der Waals surface area contributed by atoms with Gasteiger partial charge in [0.05, 0.1) is 10.7 Å². The second-order valence-electron chi connectivity index (χ2n) is 7.96. The molecule has 2 aliphatic heterocycles. The van der Waals surface area contributed by atoms with Crippen LogP contribution < -0.4 is 10.2 Å². The highest BCUT2D eigenvalue weighted by Gasteiger charge is 2.30. The summed E-state index contributed by atoms with van der Waals surface area (Å²) in [5.74, 6) is 0. The highest BCUT2D eigenvalue weighted by Crippen LogP contribution is 2.26. The van der Waals surface area contributed by atoms with Crippen molar-refractivity contribution in [3.05, 3.63) is 59.1 Å². The number of rotatable bonds is 3. The van der Waals surface area contributed by atoms with Gasteiger partial charge in [0.25, 0.3) is 0 Å². The largest absolute Gasteiger partial charge is 0.369 e. The van der Waals surface area contributed by atoms with E-state index in [2.05, 4.69) is 45.4 Å². The topological polar surface area (TPSA) is 38.8 Å². The number of likely N-dealkylation sites (tertiary alicyclic amines) is 1. The summed E-state index contributed by atoms with van der Waals surface area (Å²) in [5.41, 5.74) is 3.00. The van der Waals surface area contributed by atoms with Crippen LogP contribution in [0.15, 0.2) is 48.5 Å². The van der Waals surface area contributed by atoms with E-state index in [0.29, 0.717) is 11.1 Å². The number of carbonyl (C=O) groups excluding carboxylic acids is 1. The lowest BCUT2D eigenvalue weighted by Crippen LogP contribution is -2.56. The predicted octanol–water partition coefficient (Wildman–Crippen LogP) is 4.47. The van der Waals surface area contributed by atoms with Crippen molar-refractivity contribution in [2.75, 3.05) is 49.5 Å². The number of carbonyl (C=O) groups is 1. The number of nitrogens with zero attached hydrogens (tertiary/aromatic N) is 3. The van der Waals surface area contributed by atoms with Gasteiger partial charge < -0.3 is 15.1 Å². The Bertz CT molecular complexity index is 816. The summed E-state index contributed by atoms with van der Waals surface area (Å²) in [7, 11) is 0. The third-order valence-corrected chi connectivity index (χ3v) is 6.40. The molecular formula is C23H29ClN4O. The average Bonchev–Trinajstić information content (AvgIpc) is 2.77. The van der Waals surface area contributed by atoms with E-state index in [0.717, 1.165) is 63.4 Å². The van der Waals surface area contributed by atoms with E-state index < -0.39 is 0 Å². The molecule has 29 heavy (non-hydrogen) atoms. The molecule has 154 valence electrons. The molecule has 2 heterocycles. The molecular weight excluding hydrogens is 384 g/mol. The zero-order chi connectivity index (χ0) is 20.2. The zero-order valence-electron chi connectivity index (χ0n) is 17.0. The van der Waals surface area contributed by atoms with Crippen LogP contribution in [0.3, 0.4) is 0 Å². The second kappa shape index (κ2) is 9.06. The van der Waals surface area contributed by atoms with Crippen molar-refractivity contribution in [1.82, 2.24) is 9.80 Å². The molecule has 2 saturated heterocycles. The molecule has 1 atom stereocenters. The van der Waals surface area contributed by atoms with Crippen molar-refractivity contribution in [1.29, 1.82) is 0 Å². The minimum absolute atomic E-state index is 0.0474. The van der Waals surface area contributed by atoms with E-state index in [-0.39, 0.29) is 6.03 Å². The maximum atomic E-state index is 12.9. The molecule has 5 nitrogen and oxygen atoms in total. The Kier molecular flexibility index (Phi) is 6.26. The highest BCUT2D eigenvalue weighted by molar-refractivity contribution is 6.33. The summed E-state index contributed by atoms with van der Waals surface area (Å²) in [4.78, 5) is 19.8. The van der Waals surface area contributed by atoms with E-state index in [1.807, 2.05) is 30.0 Å². The van der Waals surface area contributed by atoms with Crippen molar-refractivity contribution in [3.8, 4) is 0 Å². The molecule has 2 amide bonds. The van der Waals surface area contributed by atoms with Crippen LogP contribution in [-0.4, -0.2) is 61.1 Å². The van der Waals surface area contributed by atoms with Gasteiger partial charge in [0, 0.05) is 51.0 Å². The summed E-state index contributed by atoms with van der Waals surface area (Å²) in [6.07, 6.45) is 2.19. The minimum atomic E-state index is -0.0474. The predicted molar refractivity (Wildman–Crippen MR) is 120 cm³/mol. The second-order valence-corrected chi connectivity index (χ2v) is 8.37. The lowest BCUT2D eigenvalue weighted by molar-refractivity contribution is 0.108. The fourth-order valence-electron chi connectivity index (χ4n) is 4.40. The molecule has 0 spiro atoms. The first-order chi connectivity index (χ1) is 14.1. The summed E-state index contributed by atoms with van der Waals surface area (Å²) >= 11 is 6.28. The zero-order valence-corrected chi connectivity index (χ0v) is 17.7. The normalized spacial score (nSPS) is 20.6. The number of nitrogens with one attached hydrogen (secondary N) is 1. The van der Waals surface area contributed by atoms with Crippen LogP contribution in [0, 0.1) is 6.92 Å². The first-order valence-corrected chi connectivity index (χ1v) is 10.8. The molecule has 6 heteroatoms. The summed E-state index contributed by atoms with van der Waals surface area (Å²) in [6.45, 7) is 7.69. The first-order valence-electron chi connectivity index (χ1n) is 10.5. The minimum Gasteiger partial charge on any atom is -0.369 e. The molecule has 0 saturated carbocycles. The summed E-state index contributed by atoms with van der Waals surface area (Å²) in [6, 6.07) is 16.7. The number of para-hydroxylation sites is 2. The van der Waals surface area contributed by atoms with Crippen molar-refractivity contribution in [2.24, 2.45) is 0 Å². The fourth-order valence-corrected chi connectivity index (χ4v) is 4.67. The Balaban J connectivity index is 1.33. The van der Waals surface area contributed by atoms with Gasteiger partial charge in [-0.25, -0.2) is 4.79 Å². The molecule has 0 bridgehead atoms. The molecule has 2 aromatic carbocycles. The van der Waals surface area contributed by atoms with Crippen molar-refractivity contribution >= 4 is 29.0 Å². The number of piperazine rings is 1. The van der Waals surface area contributed by atoms with Crippen molar-refractivity contribution in [2.45, 2.75) is 25.8 Å². The van der Waals surface area contributed by atoms with Gasteiger partial charge in [-0.1, -0.05) is 41.9 Å². The number of urea groups is 1. The van der Waals surface area contributed by atoms with Crippen molar-refractivity contribution < 1.29 is 4.79 Å². The molecule has 2 aromatic rings. The van der Waals surface area contributed by atoms with Crippen LogP contribution in [0.5, 0.6) is 0 Å². The molecule has 0 aliphatic carbocycles. The van der Waals surface area contributed by atoms with Gasteiger partial charge in [-0.3, -0.25) is 4.90 Å². The van der Waals surface area contributed by atoms with E-state index in [1.54, 1.807) is 0 Å². The Hall–Kier alpha value is -2.24. The lowest BCUT2D eigenvalue weighted by atomic mass is 10.0. The monoisotopic (exact) mass is 412 g/mol. The third kappa shape index (κ3) is 4.68. The maximum Gasteiger partial charge on any atom is 0.321 e. The van der Waals surface area contributed by atoms with Crippen LogP contribution in [0.4, 0.5) is 16.2 Å². The SMILES string of the molecule is Cc1cccc(Cl)c1NC(=O)N1CCC[C@@H](N2CCN(c3ccccc3)CC2)C1. The number of benzene rings is 2. The smallest absolute Gasteiger partial charge is 0.321 e. The third-order valence-electron chi connectivity index (χ3n) is 6.09. The van der Waals surface area contributed by atoms with Gasteiger partial charge in [-0.15, -0.1) is 0 Å². The van der Waals surface area contributed by atoms with Crippen LogP contribution >= 0.6 is 11.6 Å². The number of hydrogen-bond donors (Lipinski definition) is 1. The number of piperidine rings is 1. The Morgan fingerprint density at radius 2 is 1.76 bits per heavy atom. The molecule has 0 aromatic heterocycles. The molecule has 0 unspecified atom stereocenters. The van der Waals surface area contributed by atoms with Crippen LogP contribution in [0.25, 0.3) is 0 Å². The van der Waals surface area contributed by atoms with Gasteiger partial charge in [-0.2, -0.15) is 0 Å². The number of anilines is 2. The van der Waals surface area contributed by atoms with E-state index in [1.165, 1.54) is 5.69 Å². The van der Waals surface area contributed by atoms with Crippen LogP contribution in [-0.2, 0) is 0 Å². The van der Waals surface area contributed by atoms with Gasteiger partial charge in [0.1, 0.15) is 0 Å². The number of amides is 2. The molecule has 4 rings (SSSR count). The van der Waals surface area contributed by atoms with Gasteiger partial charge in [0.15, 0.2) is 0 Å². The first kappa shape index (κ1) is 20.0. The molecule has 2 fully saturated rings. The highest BCUT2D eigenvalue weighted by atomic mass is 35.5. The Morgan fingerprint density at radius 3 is 2.48 bits per heavy atom. The lowest BCUT2D eigenvalue weighted by Gasteiger charge is -2.43. The number of hydrogen-bond acceptors (Lipinski definition) is 3. The number of aryl methyl sites for hydroxylation is 1. The number of halogens is 1. The molecule has 0 radical (unpaired) electrons. The van der Waals surface area contributed by atoms with Gasteiger partial charge in [-0.05, 0) is 43.5 Å². The van der Waals surface area contributed by atoms with E-state index >= 15 is 0 Å². The molecule has 1 N–H and O–H groups in total. The summed E-state index contributed by atoms with van der Waals surface area (Å²) in [5, 5.41) is 3.62. The van der Waals surface area contributed by atoms with E-state index in [4.69, 9.17) is 11.6 Å². The van der Waals surface area contributed by atoms with Crippen molar-refractivity contribution in [3.63, 3.8) is 0 Å². The van der Waals surface area contributed by atoms with Gasteiger partial charge >= 0.3 is 6.03 Å². The fraction of sp³-hybridized carbons (Fsp3) is 0.435. The Labute approximate surface area is 178 Å². The van der Waals surface area contributed by atoms with E-state index in [9.17, 15) is 4.79 Å².